The van der Waals surface area contributed by atoms with Crippen LogP contribution in [0.4, 0.5) is 5.69 Å². The van der Waals surface area contributed by atoms with Crippen LogP contribution in [0.15, 0.2) is 47.4 Å². The summed E-state index contributed by atoms with van der Waals surface area (Å²) >= 11 is 0. The lowest BCUT2D eigenvalue weighted by Gasteiger charge is -2.10. The van der Waals surface area contributed by atoms with Gasteiger partial charge < -0.3 is 10.1 Å². The number of methoxy groups -OCH3 is 1. The van der Waals surface area contributed by atoms with Crippen LogP contribution in [0.25, 0.3) is 0 Å². The molecule has 2 aromatic rings. The summed E-state index contributed by atoms with van der Waals surface area (Å²) in [6, 6.07) is 12.3. The first-order valence-corrected chi connectivity index (χ1v) is 7.95. The van der Waals surface area contributed by atoms with Gasteiger partial charge in [-0.2, -0.15) is 0 Å². The van der Waals surface area contributed by atoms with Gasteiger partial charge in [0.1, 0.15) is 5.75 Å². The summed E-state index contributed by atoms with van der Waals surface area (Å²) in [5.41, 5.74) is 2.83. The molecule has 3 N–H and O–H groups in total. The third kappa shape index (κ3) is 3.96. The van der Waals surface area contributed by atoms with Gasteiger partial charge in [0.15, 0.2) is 0 Å². The van der Waals surface area contributed by atoms with Crippen LogP contribution in [0, 0.1) is 6.92 Å². The molecule has 6 heteroatoms. The Labute approximate surface area is 124 Å². The van der Waals surface area contributed by atoms with Crippen molar-refractivity contribution in [1.29, 1.82) is 0 Å². The van der Waals surface area contributed by atoms with Crippen LogP contribution >= 0.6 is 0 Å². The Morgan fingerprint density at radius 1 is 1.19 bits per heavy atom. The second-order valence-corrected chi connectivity index (χ2v) is 6.29. The van der Waals surface area contributed by atoms with Crippen LogP contribution in [-0.4, -0.2) is 15.5 Å². The fourth-order valence-corrected chi connectivity index (χ4v) is 2.60. The molecule has 0 aliphatic rings. The molecule has 0 aliphatic heterocycles. The highest BCUT2D eigenvalue weighted by atomic mass is 32.2. The number of hydrogen-bond donors (Lipinski definition) is 2. The Balaban J connectivity index is 2.11. The number of sulfonamides is 1. The molecule has 0 saturated carbocycles. The van der Waals surface area contributed by atoms with Crippen molar-refractivity contribution in [2.75, 3.05) is 12.4 Å². The van der Waals surface area contributed by atoms with Gasteiger partial charge in [-0.15, -0.1) is 0 Å². The van der Waals surface area contributed by atoms with Crippen LogP contribution in [0.1, 0.15) is 11.1 Å². The van der Waals surface area contributed by atoms with Gasteiger partial charge in [-0.25, -0.2) is 13.6 Å². The zero-order valence-corrected chi connectivity index (χ0v) is 12.8. The highest BCUT2D eigenvalue weighted by Gasteiger charge is 2.07. The SMILES string of the molecule is COc1ccc(CNc2cccc(S(N)(=O)=O)c2)cc1C. The molecule has 0 bridgehead atoms. The number of benzene rings is 2. The van der Waals surface area contributed by atoms with Gasteiger partial charge in [0.2, 0.25) is 10.0 Å². The first-order chi connectivity index (χ1) is 9.90. The lowest BCUT2D eigenvalue weighted by Crippen LogP contribution is -2.12. The lowest BCUT2D eigenvalue weighted by atomic mass is 10.1. The Kier molecular flexibility index (Phi) is 4.50. The van der Waals surface area contributed by atoms with Crippen LogP contribution in [-0.2, 0) is 16.6 Å². The predicted octanol–water partition coefficient (Wildman–Crippen LogP) is 2.26. The molecule has 0 aliphatic carbocycles. The molecule has 5 nitrogen and oxygen atoms in total. The molecule has 2 aromatic carbocycles. The van der Waals surface area contributed by atoms with Gasteiger partial charge in [0, 0.05) is 12.2 Å². The summed E-state index contributed by atoms with van der Waals surface area (Å²) in [6.45, 7) is 2.56. The van der Waals surface area contributed by atoms with Gasteiger partial charge in [0.25, 0.3) is 0 Å². The maximum absolute atomic E-state index is 11.3. The number of hydrogen-bond acceptors (Lipinski definition) is 4. The minimum absolute atomic E-state index is 0.0958. The summed E-state index contributed by atoms with van der Waals surface area (Å²) in [6.07, 6.45) is 0. The molecular formula is C15H18N2O3S. The van der Waals surface area contributed by atoms with E-state index in [1.54, 1.807) is 19.2 Å². The van der Waals surface area contributed by atoms with Gasteiger partial charge >= 0.3 is 0 Å². The van der Waals surface area contributed by atoms with E-state index in [4.69, 9.17) is 9.88 Å². The van der Waals surface area contributed by atoms with Crippen LogP contribution in [0.5, 0.6) is 5.75 Å². The maximum Gasteiger partial charge on any atom is 0.238 e. The quantitative estimate of drug-likeness (QED) is 0.888. The van der Waals surface area contributed by atoms with Crippen LogP contribution < -0.4 is 15.2 Å². The molecule has 0 fully saturated rings. The Morgan fingerprint density at radius 2 is 1.95 bits per heavy atom. The number of ether oxygens (including phenoxy) is 1. The highest BCUT2D eigenvalue weighted by molar-refractivity contribution is 7.89. The second-order valence-electron chi connectivity index (χ2n) is 4.73. The summed E-state index contributed by atoms with van der Waals surface area (Å²) in [4.78, 5) is 0.0958. The molecule has 0 aromatic heterocycles. The van der Waals surface area contributed by atoms with E-state index in [2.05, 4.69) is 5.32 Å². The molecule has 0 unspecified atom stereocenters. The topological polar surface area (TPSA) is 81.4 Å². The van der Waals surface area contributed by atoms with E-state index < -0.39 is 10.0 Å². The zero-order chi connectivity index (χ0) is 15.5. The predicted molar refractivity (Wildman–Crippen MR) is 82.9 cm³/mol. The molecule has 0 amide bonds. The second kappa shape index (κ2) is 6.15. The lowest BCUT2D eigenvalue weighted by molar-refractivity contribution is 0.411. The molecule has 0 atom stereocenters. The van der Waals surface area contributed by atoms with Gasteiger partial charge in [0.05, 0.1) is 12.0 Å². The van der Waals surface area contributed by atoms with Crippen molar-refractivity contribution in [3.05, 3.63) is 53.6 Å². The van der Waals surface area contributed by atoms with Crippen LogP contribution in [0.3, 0.4) is 0 Å². The zero-order valence-electron chi connectivity index (χ0n) is 12.0. The molecule has 112 valence electrons. The van der Waals surface area contributed by atoms with E-state index in [1.807, 2.05) is 25.1 Å². The number of rotatable bonds is 5. The first kappa shape index (κ1) is 15.3. The van der Waals surface area contributed by atoms with E-state index in [0.717, 1.165) is 16.9 Å². The minimum Gasteiger partial charge on any atom is -0.496 e. The standard InChI is InChI=1S/C15H18N2O3S/c1-11-8-12(6-7-15(11)20-2)10-17-13-4-3-5-14(9-13)21(16,18)19/h3-9,17H,10H2,1-2H3,(H2,16,18,19). The van der Waals surface area contributed by atoms with Crippen molar-refractivity contribution in [1.82, 2.24) is 0 Å². The molecule has 0 spiro atoms. The van der Waals surface area contributed by atoms with Crippen molar-refractivity contribution in [2.45, 2.75) is 18.4 Å². The number of aryl methyl sites for hydroxylation is 1. The van der Waals surface area contributed by atoms with E-state index in [9.17, 15) is 8.42 Å². The first-order valence-electron chi connectivity index (χ1n) is 6.40. The number of primary sulfonamides is 1. The van der Waals surface area contributed by atoms with Gasteiger partial charge in [-0.05, 0) is 42.3 Å². The van der Waals surface area contributed by atoms with Crippen molar-refractivity contribution in [3.8, 4) is 5.75 Å². The third-order valence-corrected chi connectivity index (χ3v) is 4.03. The average Bonchev–Trinajstić information content (AvgIpc) is 2.45. The minimum atomic E-state index is -3.68. The van der Waals surface area contributed by atoms with E-state index in [1.165, 1.54) is 12.1 Å². The summed E-state index contributed by atoms with van der Waals surface area (Å²) in [5, 5.41) is 8.29. The van der Waals surface area contributed by atoms with Gasteiger partial charge in [-0.3, -0.25) is 0 Å². The molecular weight excluding hydrogens is 288 g/mol. The fraction of sp³-hybridized carbons (Fsp3) is 0.200. The van der Waals surface area contributed by atoms with Crippen molar-refractivity contribution < 1.29 is 13.2 Å². The van der Waals surface area contributed by atoms with E-state index in [0.29, 0.717) is 12.2 Å². The summed E-state index contributed by atoms with van der Waals surface area (Å²) < 4.78 is 27.8. The Hall–Kier alpha value is -2.05. The average molecular weight is 306 g/mol. The smallest absolute Gasteiger partial charge is 0.238 e. The largest absolute Gasteiger partial charge is 0.496 e. The van der Waals surface area contributed by atoms with E-state index >= 15 is 0 Å². The van der Waals surface area contributed by atoms with Crippen molar-refractivity contribution in [2.24, 2.45) is 5.14 Å². The molecule has 0 saturated heterocycles. The highest BCUT2D eigenvalue weighted by Crippen LogP contribution is 2.20. The maximum atomic E-state index is 11.3. The Morgan fingerprint density at radius 3 is 2.57 bits per heavy atom. The van der Waals surface area contributed by atoms with Crippen LogP contribution in [0.2, 0.25) is 0 Å². The summed E-state index contributed by atoms with van der Waals surface area (Å²) in [5.74, 6) is 0.843. The molecule has 2 rings (SSSR count). The van der Waals surface area contributed by atoms with Crippen molar-refractivity contribution in [3.63, 3.8) is 0 Å². The molecule has 0 heterocycles. The normalized spacial score (nSPS) is 11.2. The van der Waals surface area contributed by atoms with E-state index in [-0.39, 0.29) is 4.90 Å². The third-order valence-electron chi connectivity index (χ3n) is 3.12. The Bertz CT molecular complexity index is 742. The number of nitrogens with one attached hydrogen (secondary N) is 1. The fourth-order valence-electron chi connectivity index (χ4n) is 2.04. The monoisotopic (exact) mass is 306 g/mol. The van der Waals surface area contributed by atoms with Gasteiger partial charge in [-0.1, -0.05) is 18.2 Å². The van der Waals surface area contributed by atoms with Crippen molar-refractivity contribution >= 4 is 15.7 Å². The number of anilines is 1. The summed E-state index contributed by atoms with van der Waals surface area (Å²) in [7, 11) is -2.04. The number of nitrogens with two attached hydrogens (primary N) is 1. The molecule has 21 heavy (non-hydrogen) atoms. The molecule has 0 radical (unpaired) electrons.